The van der Waals surface area contributed by atoms with Gasteiger partial charge in [-0.05, 0) is 12.1 Å². The number of aromatic nitrogens is 2. The van der Waals surface area contributed by atoms with Gasteiger partial charge in [0.1, 0.15) is 12.4 Å². The molecular formula is C10H10FN3O2S. The normalized spacial score (nSPS) is 10.7. The lowest BCUT2D eigenvalue weighted by Crippen LogP contribution is -1.98. The number of halogens is 1. The second-order valence-electron chi connectivity index (χ2n) is 3.13. The van der Waals surface area contributed by atoms with E-state index in [9.17, 15) is 4.39 Å². The van der Waals surface area contributed by atoms with Crippen LogP contribution in [0.4, 0.5) is 4.39 Å². The van der Waals surface area contributed by atoms with Gasteiger partial charge in [-0.3, -0.25) is 4.84 Å². The van der Waals surface area contributed by atoms with Gasteiger partial charge in [-0.15, -0.1) is 11.8 Å². The molecule has 17 heavy (non-hydrogen) atoms. The maximum atomic E-state index is 13.3. The Labute approximate surface area is 101 Å². The molecule has 1 heterocycles. The summed E-state index contributed by atoms with van der Waals surface area (Å²) >= 11 is 1.30. The van der Waals surface area contributed by atoms with Crippen LogP contribution in [0, 0.1) is 5.82 Å². The van der Waals surface area contributed by atoms with Crippen molar-refractivity contribution in [2.45, 2.75) is 17.3 Å². The predicted octanol–water partition coefficient (Wildman–Crippen LogP) is 1.89. The summed E-state index contributed by atoms with van der Waals surface area (Å²) in [6, 6.07) is 6.52. The molecule has 0 aliphatic rings. The number of benzene rings is 1. The summed E-state index contributed by atoms with van der Waals surface area (Å²) < 4.78 is 18.1. The maximum absolute atomic E-state index is 13.3. The van der Waals surface area contributed by atoms with Gasteiger partial charge < -0.3 is 4.52 Å². The molecular weight excluding hydrogens is 245 g/mol. The highest BCUT2D eigenvalue weighted by Gasteiger charge is 2.08. The first kappa shape index (κ1) is 12.0. The van der Waals surface area contributed by atoms with E-state index in [2.05, 4.69) is 15.0 Å². The summed E-state index contributed by atoms with van der Waals surface area (Å²) in [4.78, 5) is 8.93. The zero-order chi connectivity index (χ0) is 12.1. The van der Waals surface area contributed by atoms with Crippen LogP contribution >= 0.6 is 11.8 Å². The van der Waals surface area contributed by atoms with Crippen LogP contribution in [0.1, 0.15) is 11.7 Å². The fourth-order valence-corrected chi connectivity index (χ4v) is 1.97. The highest BCUT2D eigenvalue weighted by molar-refractivity contribution is 7.98. The average Bonchev–Trinajstić information content (AvgIpc) is 2.76. The second kappa shape index (κ2) is 5.76. The molecule has 0 spiro atoms. The number of hydrogen-bond acceptors (Lipinski definition) is 6. The first-order valence-electron chi connectivity index (χ1n) is 4.80. The maximum Gasteiger partial charge on any atom is 0.254 e. The van der Waals surface area contributed by atoms with Gasteiger partial charge in [-0.2, -0.15) is 4.98 Å². The molecule has 2 N–H and O–H groups in total. The summed E-state index contributed by atoms with van der Waals surface area (Å²) in [6.45, 7) is 0.0668. The molecule has 0 amide bonds. The smallest absolute Gasteiger partial charge is 0.254 e. The summed E-state index contributed by atoms with van der Waals surface area (Å²) in [7, 11) is 0. The van der Waals surface area contributed by atoms with Gasteiger partial charge in [0.15, 0.2) is 5.82 Å². The molecule has 90 valence electrons. The number of nitrogens with zero attached hydrogens (tertiary/aromatic N) is 2. The molecule has 0 aliphatic carbocycles. The topological polar surface area (TPSA) is 74.2 Å². The molecule has 0 fully saturated rings. The van der Waals surface area contributed by atoms with E-state index in [1.807, 2.05) is 0 Å². The first-order chi connectivity index (χ1) is 8.29. The summed E-state index contributed by atoms with van der Waals surface area (Å²) in [5.74, 6) is 5.82. The van der Waals surface area contributed by atoms with Crippen LogP contribution < -0.4 is 5.90 Å². The molecule has 7 heteroatoms. The Morgan fingerprint density at radius 2 is 2.24 bits per heavy atom. The van der Waals surface area contributed by atoms with Crippen molar-refractivity contribution in [2.75, 3.05) is 0 Å². The van der Waals surface area contributed by atoms with Crippen LogP contribution in [0.2, 0.25) is 0 Å². The Bertz CT molecular complexity index is 492. The first-order valence-corrected chi connectivity index (χ1v) is 5.78. The molecule has 0 unspecified atom stereocenters. The van der Waals surface area contributed by atoms with E-state index < -0.39 is 0 Å². The lowest BCUT2D eigenvalue weighted by molar-refractivity contribution is 0.0995. The van der Waals surface area contributed by atoms with E-state index in [4.69, 9.17) is 10.4 Å². The van der Waals surface area contributed by atoms with Crippen molar-refractivity contribution in [3.8, 4) is 0 Å². The zero-order valence-corrected chi connectivity index (χ0v) is 9.61. The number of rotatable bonds is 5. The van der Waals surface area contributed by atoms with E-state index in [1.165, 1.54) is 17.8 Å². The van der Waals surface area contributed by atoms with Crippen LogP contribution in [-0.4, -0.2) is 10.1 Å². The Morgan fingerprint density at radius 1 is 1.41 bits per heavy atom. The van der Waals surface area contributed by atoms with Gasteiger partial charge in [0.2, 0.25) is 0 Å². The standard InChI is InChI=1S/C10H10FN3O2S/c11-7-3-1-2-4-8(7)17-6-9-13-10(5-15-12)16-14-9/h1-4H,5-6,12H2. The van der Waals surface area contributed by atoms with E-state index in [-0.39, 0.29) is 12.4 Å². The minimum Gasteiger partial charge on any atom is -0.337 e. The lowest BCUT2D eigenvalue weighted by atomic mass is 10.3. The third-order valence-electron chi connectivity index (χ3n) is 1.91. The SMILES string of the molecule is NOCc1nc(CSc2ccccc2F)no1. The molecule has 0 bridgehead atoms. The Hall–Kier alpha value is -1.44. The fraction of sp³-hybridized carbons (Fsp3) is 0.200. The van der Waals surface area contributed by atoms with Crippen LogP contribution in [0.5, 0.6) is 0 Å². The Morgan fingerprint density at radius 3 is 3.00 bits per heavy atom. The Kier molecular flexibility index (Phi) is 4.08. The largest absolute Gasteiger partial charge is 0.337 e. The van der Waals surface area contributed by atoms with Crippen molar-refractivity contribution in [1.82, 2.24) is 10.1 Å². The highest BCUT2D eigenvalue weighted by Crippen LogP contribution is 2.24. The second-order valence-corrected chi connectivity index (χ2v) is 4.15. The van der Waals surface area contributed by atoms with E-state index in [0.29, 0.717) is 22.4 Å². The van der Waals surface area contributed by atoms with Crippen molar-refractivity contribution in [3.05, 3.63) is 41.8 Å². The predicted molar refractivity (Wildman–Crippen MR) is 59.2 cm³/mol. The fourth-order valence-electron chi connectivity index (χ4n) is 1.18. The number of hydrogen-bond donors (Lipinski definition) is 1. The van der Waals surface area contributed by atoms with Gasteiger partial charge in [0.05, 0.1) is 5.75 Å². The Balaban J connectivity index is 1.95. The monoisotopic (exact) mass is 255 g/mol. The van der Waals surface area contributed by atoms with Crippen LogP contribution in [0.15, 0.2) is 33.7 Å². The van der Waals surface area contributed by atoms with Crippen molar-refractivity contribution in [3.63, 3.8) is 0 Å². The molecule has 5 nitrogen and oxygen atoms in total. The van der Waals surface area contributed by atoms with Crippen LogP contribution in [0.3, 0.4) is 0 Å². The number of nitrogens with two attached hydrogens (primary N) is 1. The minimum absolute atomic E-state index is 0.0668. The third-order valence-corrected chi connectivity index (χ3v) is 2.96. The summed E-state index contributed by atoms with van der Waals surface area (Å²) in [5, 5.41) is 3.71. The van der Waals surface area contributed by atoms with Gasteiger partial charge in [0.25, 0.3) is 5.89 Å². The lowest BCUT2D eigenvalue weighted by Gasteiger charge is -1.99. The molecule has 2 aromatic rings. The number of thioether (sulfide) groups is 1. The summed E-state index contributed by atoms with van der Waals surface area (Å²) in [6.07, 6.45) is 0. The average molecular weight is 255 g/mol. The zero-order valence-electron chi connectivity index (χ0n) is 8.80. The molecule has 0 aliphatic heterocycles. The van der Waals surface area contributed by atoms with Gasteiger partial charge >= 0.3 is 0 Å². The molecule has 1 aromatic heterocycles. The van der Waals surface area contributed by atoms with Crippen LogP contribution in [0.25, 0.3) is 0 Å². The van der Waals surface area contributed by atoms with Crippen molar-refractivity contribution in [1.29, 1.82) is 0 Å². The summed E-state index contributed by atoms with van der Waals surface area (Å²) in [5.41, 5.74) is 0. The minimum atomic E-state index is -0.258. The highest BCUT2D eigenvalue weighted by atomic mass is 32.2. The van der Waals surface area contributed by atoms with Crippen molar-refractivity contribution in [2.24, 2.45) is 5.90 Å². The van der Waals surface area contributed by atoms with E-state index >= 15 is 0 Å². The molecule has 1 aromatic carbocycles. The molecule has 0 atom stereocenters. The molecule has 0 radical (unpaired) electrons. The third kappa shape index (κ3) is 3.26. The quantitative estimate of drug-likeness (QED) is 0.649. The molecule has 0 saturated heterocycles. The van der Waals surface area contributed by atoms with Gasteiger partial charge in [-0.1, -0.05) is 17.3 Å². The van der Waals surface area contributed by atoms with Gasteiger partial charge in [-0.25, -0.2) is 10.3 Å². The van der Waals surface area contributed by atoms with Crippen LogP contribution in [-0.2, 0) is 17.2 Å². The van der Waals surface area contributed by atoms with Crippen molar-refractivity contribution >= 4 is 11.8 Å². The van der Waals surface area contributed by atoms with E-state index in [0.717, 1.165) is 0 Å². The molecule has 2 rings (SSSR count). The van der Waals surface area contributed by atoms with Crippen molar-refractivity contribution < 1.29 is 13.8 Å². The van der Waals surface area contributed by atoms with Gasteiger partial charge in [0, 0.05) is 4.90 Å². The molecule has 0 saturated carbocycles. The van der Waals surface area contributed by atoms with E-state index in [1.54, 1.807) is 18.2 Å².